The predicted molar refractivity (Wildman–Crippen MR) is 113 cm³/mol. The summed E-state index contributed by atoms with van der Waals surface area (Å²) in [5, 5.41) is 12.5. The van der Waals surface area contributed by atoms with Gasteiger partial charge in [-0.15, -0.1) is 0 Å². The van der Waals surface area contributed by atoms with Crippen molar-refractivity contribution in [3.63, 3.8) is 0 Å². The van der Waals surface area contributed by atoms with Crippen molar-refractivity contribution in [3.05, 3.63) is 71.2 Å². The molecular weight excluding hydrogens is 366 g/mol. The fourth-order valence-electron chi connectivity index (χ4n) is 2.73. The fraction of sp³-hybridized carbons (Fsp3) is 0.217. The number of methoxy groups -OCH3 is 1. The van der Waals surface area contributed by atoms with E-state index in [1.165, 1.54) is 0 Å². The van der Waals surface area contributed by atoms with Gasteiger partial charge in [-0.25, -0.2) is 0 Å². The Hall–Kier alpha value is -3.72. The zero-order valence-electron chi connectivity index (χ0n) is 16.5. The molecule has 0 aliphatic heterocycles. The molecule has 0 radical (unpaired) electrons. The maximum Gasteiger partial charge on any atom is 0.232 e. The summed E-state index contributed by atoms with van der Waals surface area (Å²) in [6.45, 7) is 3.21. The van der Waals surface area contributed by atoms with Gasteiger partial charge in [0.15, 0.2) is 0 Å². The van der Waals surface area contributed by atoms with Crippen molar-refractivity contribution in [3.8, 4) is 17.6 Å². The zero-order valence-corrected chi connectivity index (χ0v) is 16.5. The van der Waals surface area contributed by atoms with E-state index in [9.17, 15) is 5.26 Å². The minimum absolute atomic E-state index is 0.242. The highest BCUT2D eigenvalue weighted by Crippen LogP contribution is 2.20. The van der Waals surface area contributed by atoms with Crippen LogP contribution >= 0.6 is 0 Å². The van der Waals surface area contributed by atoms with Gasteiger partial charge in [0.2, 0.25) is 17.5 Å². The molecule has 1 N–H and O–H groups in total. The van der Waals surface area contributed by atoms with Crippen LogP contribution in [0, 0.1) is 11.3 Å². The molecule has 0 aliphatic carbocycles. The second-order valence-corrected chi connectivity index (χ2v) is 6.20. The lowest BCUT2D eigenvalue weighted by Gasteiger charge is -2.04. The van der Waals surface area contributed by atoms with E-state index in [2.05, 4.69) is 16.4 Å². The Kier molecular flexibility index (Phi) is 6.90. The molecule has 0 saturated carbocycles. The number of benzene rings is 2. The van der Waals surface area contributed by atoms with Crippen LogP contribution in [0.5, 0.6) is 11.5 Å². The minimum atomic E-state index is 0.242. The van der Waals surface area contributed by atoms with Gasteiger partial charge in [0, 0.05) is 12.6 Å². The van der Waals surface area contributed by atoms with E-state index in [-0.39, 0.29) is 5.69 Å². The number of nitrogens with zero attached hydrogens (tertiary/aromatic N) is 2. The van der Waals surface area contributed by atoms with E-state index in [1.807, 2.05) is 61.5 Å². The number of anilines is 1. The standard InChI is InChI=1S/C23H23N3O3/c1-3-28-20-11-6-17(7-12-20)8-13-22-26-21(16-24)23(29-22)25-15-14-18-4-9-19(27-2)10-5-18/h4-13,25H,3,14-15H2,1-2H3. The quantitative estimate of drug-likeness (QED) is 0.567. The Labute approximate surface area is 170 Å². The highest BCUT2D eigenvalue weighted by Gasteiger charge is 2.11. The van der Waals surface area contributed by atoms with Crippen molar-refractivity contribution in [2.24, 2.45) is 0 Å². The highest BCUT2D eigenvalue weighted by atomic mass is 16.5. The molecular formula is C23H23N3O3. The Morgan fingerprint density at radius 3 is 2.45 bits per heavy atom. The van der Waals surface area contributed by atoms with E-state index in [0.717, 1.165) is 29.0 Å². The summed E-state index contributed by atoms with van der Waals surface area (Å²) in [5.41, 5.74) is 2.39. The van der Waals surface area contributed by atoms with Crippen LogP contribution in [0.1, 0.15) is 29.6 Å². The molecule has 6 nitrogen and oxygen atoms in total. The van der Waals surface area contributed by atoms with Gasteiger partial charge < -0.3 is 19.2 Å². The second-order valence-electron chi connectivity index (χ2n) is 6.20. The lowest BCUT2D eigenvalue weighted by molar-refractivity contribution is 0.340. The summed E-state index contributed by atoms with van der Waals surface area (Å²) in [7, 11) is 1.64. The summed E-state index contributed by atoms with van der Waals surface area (Å²) in [6, 6.07) is 17.6. The third-order valence-electron chi connectivity index (χ3n) is 4.22. The first-order chi connectivity index (χ1) is 14.2. The van der Waals surface area contributed by atoms with E-state index in [0.29, 0.717) is 24.9 Å². The molecule has 1 heterocycles. The molecule has 29 heavy (non-hydrogen) atoms. The molecule has 148 valence electrons. The van der Waals surface area contributed by atoms with Crippen LogP contribution in [-0.2, 0) is 6.42 Å². The molecule has 0 amide bonds. The van der Waals surface area contributed by atoms with Gasteiger partial charge in [0.1, 0.15) is 17.6 Å². The maximum absolute atomic E-state index is 9.31. The van der Waals surface area contributed by atoms with Crippen molar-refractivity contribution in [1.29, 1.82) is 5.26 Å². The van der Waals surface area contributed by atoms with Crippen molar-refractivity contribution in [1.82, 2.24) is 4.98 Å². The number of oxazole rings is 1. The van der Waals surface area contributed by atoms with Crippen LogP contribution < -0.4 is 14.8 Å². The number of nitriles is 1. The van der Waals surface area contributed by atoms with Gasteiger partial charge in [-0.05, 0) is 54.8 Å². The largest absolute Gasteiger partial charge is 0.497 e. The first kappa shape index (κ1) is 20.0. The Balaban J connectivity index is 1.60. The Bertz CT molecular complexity index is 984. The number of rotatable bonds is 9. The Morgan fingerprint density at radius 2 is 1.79 bits per heavy atom. The number of aromatic nitrogens is 1. The van der Waals surface area contributed by atoms with E-state index < -0.39 is 0 Å². The van der Waals surface area contributed by atoms with Crippen LogP contribution in [-0.4, -0.2) is 25.2 Å². The molecule has 0 bridgehead atoms. The van der Waals surface area contributed by atoms with Crippen LogP contribution in [0.25, 0.3) is 12.2 Å². The monoisotopic (exact) mass is 389 g/mol. The highest BCUT2D eigenvalue weighted by molar-refractivity contribution is 5.67. The fourth-order valence-corrected chi connectivity index (χ4v) is 2.73. The molecule has 0 spiro atoms. The second kappa shape index (κ2) is 10.00. The molecule has 3 rings (SSSR count). The predicted octanol–water partition coefficient (Wildman–Crippen LogP) is 4.78. The molecule has 0 aliphatic rings. The Morgan fingerprint density at radius 1 is 1.07 bits per heavy atom. The van der Waals surface area contributed by atoms with E-state index >= 15 is 0 Å². The molecule has 0 atom stereocenters. The van der Waals surface area contributed by atoms with Gasteiger partial charge >= 0.3 is 0 Å². The molecule has 1 aromatic heterocycles. The first-order valence-corrected chi connectivity index (χ1v) is 9.40. The average Bonchev–Trinajstić information content (AvgIpc) is 3.16. The molecule has 0 saturated heterocycles. The SMILES string of the molecule is CCOc1ccc(C=Cc2nc(C#N)c(NCCc3ccc(OC)cc3)o2)cc1. The normalized spacial score (nSPS) is 10.7. The van der Waals surface area contributed by atoms with Crippen molar-refractivity contribution >= 4 is 18.0 Å². The topological polar surface area (TPSA) is 80.3 Å². The number of hydrogen-bond acceptors (Lipinski definition) is 6. The summed E-state index contributed by atoms with van der Waals surface area (Å²) in [5.74, 6) is 2.42. The van der Waals surface area contributed by atoms with Crippen LogP contribution in [0.3, 0.4) is 0 Å². The van der Waals surface area contributed by atoms with Gasteiger partial charge in [-0.2, -0.15) is 10.2 Å². The number of hydrogen-bond donors (Lipinski definition) is 1. The lowest BCUT2D eigenvalue weighted by atomic mass is 10.1. The molecule has 2 aromatic carbocycles. The van der Waals surface area contributed by atoms with Gasteiger partial charge in [0.05, 0.1) is 13.7 Å². The lowest BCUT2D eigenvalue weighted by Crippen LogP contribution is -2.05. The summed E-state index contributed by atoms with van der Waals surface area (Å²) >= 11 is 0. The third kappa shape index (κ3) is 5.63. The third-order valence-corrected chi connectivity index (χ3v) is 4.22. The van der Waals surface area contributed by atoms with E-state index in [4.69, 9.17) is 13.9 Å². The summed E-state index contributed by atoms with van der Waals surface area (Å²) < 4.78 is 16.3. The van der Waals surface area contributed by atoms with Crippen molar-refractivity contribution in [2.75, 3.05) is 25.6 Å². The average molecular weight is 389 g/mol. The minimum Gasteiger partial charge on any atom is -0.497 e. The first-order valence-electron chi connectivity index (χ1n) is 9.40. The summed E-state index contributed by atoms with van der Waals surface area (Å²) in [4.78, 5) is 4.22. The van der Waals surface area contributed by atoms with Gasteiger partial charge in [-0.1, -0.05) is 24.3 Å². The van der Waals surface area contributed by atoms with E-state index in [1.54, 1.807) is 13.2 Å². The number of nitrogens with one attached hydrogen (secondary N) is 1. The number of ether oxygens (including phenoxy) is 2. The van der Waals surface area contributed by atoms with Crippen LogP contribution in [0.4, 0.5) is 5.88 Å². The maximum atomic E-state index is 9.31. The molecule has 0 unspecified atom stereocenters. The van der Waals surface area contributed by atoms with Crippen molar-refractivity contribution in [2.45, 2.75) is 13.3 Å². The zero-order chi connectivity index (χ0) is 20.5. The smallest absolute Gasteiger partial charge is 0.232 e. The molecule has 3 aromatic rings. The summed E-state index contributed by atoms with van der Waals surface area (Å²) in [6.07, 6.45) is 4.40. The van der Waals surface area contributed by atoms with Crippen molar-refractivity contribution < 1.29 is 13.9 Å². The molecule has 0 fully saturated rings. The van der Waals surface area contributed by atoms with Gasteiger partial charge in [0.25, 0.3) is 0 Å². The van der Waals surface area contributed by atoms with Crippen LogP contribution in [0.15, 0.2) is 52.9 Å². The van der Waals surface area contributed by atoms with Crippen LogP contribution in [0.2, 0.25) is 0 Å². The van der Waals surface area contributed by atoms with Gasteiger partial charge in [-0.3, -0.25) is 0 Å². The molecule has 6 heteroatoms.